The molecule has 1 aromatic rings. The zero-order chi connectivity index (χ0) is 20.0. The molecule has 27 heavy (non-hydrogen) atoms. The second kappa shape index (κ2) is 9.02. The van der Waals surface area contributed by atoms with Crippen LogP contribution in [0.2, 0.25) is 0 Å². The zero-order valence-electron chi connectivity index (χ0n) is 16.4. The molecular formula is C21H30N2O4. The Morgan fingerprint density at radius 1 is 1.19 bits per heavy atom. The fourth-order valence-corrected chi connectivity index (χ4v) is 3.57. The highest BCUT2D eigenvalue weighted by molar-refractivity contribution is 5.88. The van der Waals surface area contributed by atoms with Gasteiger partial charge in [-0.05, 0) is 48.1 Å². The highest BCUT2D eigenvalue weighted by Gasteiger charge is 2.28. The molecule has 6 nitrogen and oxygen atoms in total. The van der Waals surface area contributed by atoms with Crippen LogP contribution in [0.1, 0.15) is 63.5 Å². The molecule has 6 heteroatoms. The number of carbonyl (C=O) groups is 3. The molecular weight excluding hydrogens is 344 g/mol. The first kappa shape index (κ1) is 20.9. The molecule has 2 unspecified atom stereocenters. The number of nitrogens with one attached hydrogen (secondary N) is 2. The van der Waals surface area contributed by atoms with E-state index >= 15 is 0 Å². The van der Waals surface area contributed by atoms with Crippen LogP contribution in [-0.2, 0) is 20.8 Å². The maximum atomic E-state index is 12.1. The van der Waals surface area contributed by atoms with E-state index in [9.17, 15) is 19.5 Å². The van der Waals surface area contributed by atoms with Crippen molar-refractivity contribution in [2.45, 2.75) is 64.8 Å². The van der Waals surface area contributed by atoms with Crippen molar-refractivity contribution in [3.63, 3.8) is 0 Å². The molecule has 0 spiro atoms. The summed E-state index contributed by atoms with van der Waals surface area (Å²) in [5, 5.41) is 14.6. The van der Waals surface area contributed by atoms with E-state index in [0.717, 1.165) is 19.3 Å². The van der Waals surface area contributed by atoms with Crippen molar-refractivity contribution in [3.8, 4) is 0 Å². The van der Waals surface area contributed by atoms with E-state index in [1.807, 2.05) is 39.0 Å². The lowest BCUT2D eigenvalue weighted by Gasteiger charge is -2.28. The Morgan fingerprint density at radius 2 is 1.89 bits per heavy atom. The Bertz CT molecular complexity index is 694. The van der Waals surface area contributed by atoms with Crippen molar-refractivity contribution in [3.05, 3.63) is 35.4 Å². The minimum atomic E-state index is -1.05. The number of aryl methyl sites for hydroxylation is 1. The summed E-state index contributed by atoms with van der Waals surface area (Å²) in [5.74, 6) is -1.63. The Hall–Kier alpha value is -2.37. The minimum absolute atomic E-state index is 0.117. The molecule has 2 rings (SSSR count). The van der Waals surface area contributed by atoms with Crippen LogP contribution in [0.4, 0.5) is 0 Å². The first-order valence-corrected chi connectivity index (χ1v) is 9.52. The lowest BCUT2D eigenvalue weighted by Crippen LogP contribution is -2.46. The van der Waals surface area contributed by atoms with Crippen LogP contribution in [0.25, 0.3) is 0 Å². The summed E-state index contributed by atoms with van der Waals surface area (Å²) in [6, 6.07) is 7.13. The molecule has 148 valence electrons. The number of carboxylic acids is 1. The molecule has 0 saturated carbocycles. The molecule has 0 aromatic heterocycles. The quantitative estimate of drug-likeness (QED) is 0.684. The molecule has 0 heterocycles. The third kappa shape index (κ3) is 6.70. The molecule has 0 fully saturated rings. The maximum Gasteiger partial charge on any atom is 0.326 e. The number of carbonyl (C=O) groups excluding carboxylic acids is 2. The Balaban J connectivity index is 1.92. The highest BCUT2D eigenvalue weighted by Crippen LogP contribution is 2.34. The van der Waals surface area contributed by atoms with Gasteiger partial charge in [0.1, 0.15) is 6.04 Å². The van der Waals surface area contributed by atoms with Crippen LogP contribution in [0.3, 0.4) is 0 Å². The van der Waals surface area contributed by atoms with Crippen LogP contribution in [-0.4, -0.2) is 35.5 Å². The largest absolute Gasteiger partial charge is 0.480 e. The summed E-state index contributed by atoms with van der Waals surface area (Å²) in [4.78, 5) is 35.6. The lowest BCUT2D eigenvalue weighted by atomic mass is 9.79. The predicted molar refractivity (Wildman–Crippen MR) is 103 cm³/mol. The second-order valence-corrected chi connectivity index (χ2v) is 8.50. The fraction of sp³-hybridized carbons (Fsp3) is 0.571. The smallest absolute Gasteiger partial charge is 0.326 e. The molecule has 1 aromatic carbocycles. The molecule has 1 aliphatic rings. The molecule has 0 aliphatic heterocycles. The summed E-state index contributed by atoms with van der Waals surface area (Å²) >= 11 is 0. The van der Waals surface area contributed by atoms with Gasteiger partial charge in [0.2, 0.25) is 11.8 Å². The Labute approximate surface area is 160 Å². The van der Waals surface area contributed by atoms with E-state index in [1.165, 1.54) is 11.1 Å². The van der Waals surface area contributed by atoms with Crippen LogP contribution in [0, 0.1) is 5.41 Å². The van der Waals surface area contributed by atoms with Gasteiger partial charge in [-0.3, -0.25) is 9.59 Å². The van der Waals surface area contributed by atoms with Crippen molar-refractivity contribution in [2.75, 3.05) is 6.54 Å². The van der Waals surface area contributed by atoms with Gasteiger partial charge < -0.3 is 15.7 Å². The van der Waals surface area contributed by atoms with Crippen LogP contribution < -0.4 is 10.6 Å². The SMILES string of the molecule is CC(C)(C)CC(=O)NCC(=O)NC(CC1CCCc2ccccc21)C(=O)O. The highest BCUT2D eigenvalue weighted by atomic mass is 16.4. The van der Waals surface area contributed by atoms with Gasteiger partial charge in [-0.25, -0.2) is 4.79 Å². The number of benzene rings is 1. The molecule has 0 saturated heterocycles. The monoisotopic (exact) mass is 374 g/mol. The van der Waals surface area contributed by atoms with Gasteiger partial charge in [0.25, 0.3) is 0 Å². The summed E-state index contributed by atoms with van der Waals surface area (Å²) in [6.45, 7) is 5.61. The first-order valence-electron chi connectivity index (χ1n) is 9.52. The normalized spacial score (nSPS) is 17.5. The standard InChI is InChI=1S/C21H30N2O4/c1-21(2,3)12-18(24)22-13-19(25)23-17(20(26)27)11-15-9-6-8-14-7-4-5-10-16(14)15/h4-5,7,10,15,17H,6,8-9,11-13H2,1-3H3,(H,22,24)(H,23,25)(H,26,27). The van der Waals surface area contributed by atoms with Crippen LogP contribution in [0.5, 0.6) is 0 Å². The van der Waals surface area contributed by atoms with Crippen molar-refractivity contribution in [1.29, 1.82) is 0 Å². The number of amides is 2. The molecule has 2 amide bonds. The van der Waals surface area contributed by atoms with Crippen molar-refractivity contribution in [2.24, 2.45) is 5.41 Å². The van der Waals surface area contributed by atoms with E-state index in [-0.39, 0.29) is 23.8 Å². The number of aliphatic carboxylic acids is 1. The number of hydrogen-bond donors (Lipinski definition) is 3. The molecule has 0 radical (unpaired) electrons. The van der Waals surface area contributed by atoms with Gasteiger partial charge in [-0.2, -0.15) is 0 Å². The van der Waals surface area contributed by atoms with Gasteiger partial charge >= 0.3 is 5.97 Å². The average molecular weight is 374 g/mol. The van der Waals surface area contributed by atoms with E-state index in [4.69, 9.17) is 0 Å². The van der Waals surface area contributed by atoms with Crippen molar-refractivity contribution in [1.82, 2.24) is 10.6 Å². The van der Waals surface area contributed by atoms with Gasteiger partial charge in [-0.1, -0.05) is 45.0 Å². The number of rotatable bonds is 7. The van der Waals surface area contributed by atoms with E-state index in [0.29, 0.717) is 12.8 Å². The van der Waals surface area contributed by atoms with Gasteiger partial charge in [0.15, 0.2) is 0 Å². The second-order valence-electron chi connectivity index (χ2n) is 8.50. The van der Waals surface area contributed by atoms with Gasteiger partial charge in [0, 0.05) is 6.42 Å². The number of hydrogen-bond acceptors (Lipinski definition) is 3. The number of fused-ring (bicyclic) bond motifs is 1. The third-order valence-corrected chi connectivity index (χ3v) is 4.78. The fourth-order valence-electron chi connectivity index (χ4n) is 3.57. The summed E-state index contributed by atoms with van der Waals surface area (Å²) in [7, 11) is 0. The van der Waals surface area contributed by atoms with Gasteiger partial charge in [-0.15, -0.1) is 0 Å². The molecule has 2 atom stereocenters. The third-order valence-electron chi connectivity index (χ3n) is 4.78. The van der Waals surface area contributed by atoms with Crippen molar-refractivity contribution >= 4 is 17.8 Å². The first-order chi connectivity index (χ1) is 12.7. The summed E-state index contributed by atoms with van der Waals surface area (Å²) in [6.07, 6.45) is 3.61. The number of carboxylic acid groups (broad SMARTS) is 1. The minimum Gasteiger partial charge on any atom is -0.480 e. The Kier molecular flexibility index (Phi) is 6.99. The Morgan fingerprint density at radius 3 is 2.56 bits per heavy atom. The lowest BCUT2D eigenvalue weighted by molar-refractivity contribution is -0.142. The van der Waals surface area contributed by atoms with Crippen molar-refractivity contribution < 1.29 is 19.5 Å². The van der Waals surface area contributed by atoms with E-state index < -0.39 is 17.9 Å². The summed E-state index contributed by atoms with van der Waals surface area (Å²) in [5.41, 5.74) is 2.28. The van der Waals surface area contributed by atoms with Gasteiger partial charge in [0.05, 0.1) is 6.54 Å². The van der Waals surface area contributed by atoms with Crippen LogP contribution in [0.15, 0.2) is 24.3 Å². The van der Waals surface area contributed by atoms with E-state index in [2.05, 4.69) is 16.7 Å². The summed E-state index contributed by atoms with van der Waals surface area (Å²) < 4.78 is 0. The maximum absolute atomic E-state index is 12.1. The zero-order valence-corrected chi connectivity index (χ0v) is 16.4. The predicted octanol–water partition coefficient (Wildman–Crippen LogP) is 2.62. The average Bonchev–Trinajstić information content (AvgIpc) is 2.58. The molecule has 1 aliphatic carbocycles. The molecule has 0 bridgehead atoms. The molecule has 3 N–H and O–H groups in total. The topological polar surface area (TPSA) is 95.5 Å². The van der Waals surface area contributed by atoms with Crippen LogP contribution >= 0.6 is 0 Å². The van der Waals surface area contributed by atoms with E-state index in [1.54, 1.807) is 0 Å².